The van der Waals surface area contributed by atoms with Crippen molar-refractivity contribution in [2.24, 2.45) is 0 Å². The minimum atomic E-state index is -5.06. The van der Waals surface area contributed by atoms with Crippen LogP contribution in [0.5, 0.6) is 0 Å². The number of halogens is 3. The number of anilines is 2. The molecule has 1 heterocycles. The molecule has 1 atom stereocenters. The van der Waals surface area contributed by atoms with Gasteiger partial charge in [0.2, 0.25) is 0 Å². The van der Waals surface area contributed by atoms with Crippen molar-refractivity contribution in [3.8, 4) is 0 Å². The number of hydrogen-bond donors (Lipinski definition) is 2. The number of nitrogens with zero attached hydrogens (tertiary/aromatic N) is 2. The van der Waals surface area contributed by atoms with Crippen molar-refractivity contribution >= 4 is 28.1 Å². The third-order valence-electron chi connectivity index (χ3n) is 6.68. The van der Waals surface area contributed by atoms with E-state index >= 15 is 0 Å². The summed E-state index contributed by atoms with van der Waals surface area (Å²) >= 11 is 0. The molecular weight excluding hydrogens is 481 g/mol. The Morgan fingerprint density at radius 2 is 1.69 bits per heavy atom. The molecule has 0 aromatic heterocycles. The fourth-order valence-corrected chi connectivity index (χ4v) is 7.04. The van der Waals surface area contributed by atoms with E-state index in [0.717, 1.165) is 30.5 Å². The van der Waals surface area contributed by atoms with Gasteiger partial charge in [-0.15, -0.1) is 15.8 Å². The maximum absolute atomic E-state index is 12.9. The standard InChI is InChI=1S/C25H31F3N2O4S/c26-25(27,28)24(31)34-29(20-11-3-1-4-12-20)17-9-15-22-18-19-10-7-8-16-23(19)30(35(22,32)33)21-13-5-2-6-14-21/h2,5-8,10,13-14,16,20,22,32-33H,1,3-4,9,11-12,15,17-18H2. The van der Waals surface area contributed by atoms with E-state index < -0.39 is 28.2 Å². The van der Waals surface area contributed by atoms with Crippen molar-refractivity contribution < 1.29 is 31.9 Å². The Morgan fingerprint density at radius 3 is 2.37 bits per heavy atom. The zero-order chi connectivity index (χ0) is 25.1. The lowest BCUT2D eigenvalue weighted by atomic mass is 9.95. The van der Waals surface area contributed by atoms with Gasteiger partial charge in [-0.2, -0.15) is 13.2 Å². The number of fused-ring (bicyclic) bond motifs is 1. The summed E-state index contributed by atoms with van der Waals surface area (Å²) in [5.74, 6) is -2.21. The Kier molecular flexibility index (Phi) is 7.95. The highest BCUT2D eigenvalue weighted by Gasteiger charge is 2.44. The zero-order valence-electron chi connectivity index (χ0n) is 19.4. The third-order valence-corrected chi connectivity index (χ3v) is 8.92. The van der Waals surface area contributed by atoms with E-state index in [2.05, 4.69) is 0 Å². The number of carbonyl (C=O) groups excluding carboxylic acids is 1. The van der Waals surface area contributed by atoms with Crippen LogP contribution in [0.1, 0.15) is 50.5 Å². The van der Waals surface area contributed by atoms with Gasteiger partial charge in [0, 0.05) is 12.6 Å². The van der Waals surface area contributed by atoms with Crippen molar-refractivity contribution in [1.29, 1.82) is 0 Å². The first-order chi connectivity index (χ1) is 16.7. The lowest BCUT2D eigenvalue weighted by Crippen LogP contribution is -2.43. The molecule has 2 aromatic carbocycles. The van der Waals surface area contributed by atoms with Crippen molar-refractivity contribution in [3.05, 3.63) is 60.2 Å². The molecule has 35 heavy (non-hydrogen) atoms. The summed E-state index contributed by atoms with van der Waals surface area (Å²) in [4.78, 5) is 16.3. The van der Waals surface area contributed by atoms with Gasteiger partial charge in [0.05, 0.1) is 16.6 Å². The molecule has 2 N–H and O–H groups in total. The van der Waals surface area contributed by atoms with Gasteiger partial charge in [0.15, 0.2) is 0 Å². The van der Waals surface area contributed by atoms with Crippen LogP contribution in [0.15, 0.2) is 54.6 Å². The fourth-order valence-electron chi connectivity index (χ4n) is 4.96. The first-order valence-corrected chi connectivity index (χ1v) is 13.5. The number of benzene rings is 2. The molecule has 0 spiro atoms. The minimum absolute atomic E-state index is 0.103. The second-order valence-corrected chi connectivity index (χ2v) is 11.3. The number of hydrogen-bond acceptors (Lipinski definition) is 6. The topological polar surface area (TPSA) is 73.2 Å². The molecule has 4 rings (SSSR count). The molecule has 1 fully saturated rings. The Morgan fingerprint density at radius 1 is 1.03 bits per heavy atom. The first kappa shape index (κ1) is 25.8. The molecule has 192 valence electrons. The van der Waals surface area contributed by atoms with E-state index in [1.54, 1.807) is 4.31 Å². The second kappa shape index (κ2) is 10.8. The van der Waals surface area contributed by atoms with Crippen LogP contribution >= 0.6 is 10.8 Å². The Balaban J connectivity index is 1.50. The van der Waals surface area contributed by atoms with Crippen LogP contribution in [0, 0.1) is 0 Å². The van der Waals surface area contributed by atoms with Gasteiger partial charge in [0.25, 0.3) is 0 Å². The summed E-state index contributed by atoms with van der Waals surface area (Å²) < 4.78 is 62.9. The number of para-hydroxylation sites is 2. The van der Waals surface area contributed by atoms with Crippen LogP contribution in [0.3, 0.4) is 0 Å². The predicted octanol–water partition coefficient (Wildman–Crippen LogP) is 6.85. The molecule has 10 heteroatoms. The van der Waals surface area contributed by atoms with Crippen LogP contribution in [0.4, 0.5) is 24.5 Å². The summed E-state index contributed by atoms with van der Waals surface area (Å²) in [7, 11) is -3.27. The Labute approximate surface area is 205 Å². The van der Waals surface area contributed by atoms with Gasteiger partial charge in [-0.25, -0.2) is 9.10 Å². The predicted molar refractivity (Wildman–Crippen MR) is 130 cm³/mol. The lowest BCUT2D eigenvalue weighted by Gasteiger charge is -2.53. The molecule has 1 aliphatic heterocycles. The molecule has 0 amide bonds. The molecule has 0 bridgehead atoms. The summed E-state index contributed by atoms with van der Waals surface area (Å²) in [5.41, 5.74) is 2.37. The van der Waals surface area contributed by atoms with E-state index in [-0.39, 0.29) is 12.6 Å². The lowest BCUT2D eigenvalue weighted by molar-refractivity contribution is -0.248. The number of alkyl halides is 3. The molecule has 2 aliphatic rings. The molecule has 0 radical (unpaired) electrons. The molecule has 1 aliphatic carbocycles. The summed E-state index contributed by atoms with van der Waals surface area (Å²) in [6.45, 7) is 0.103. The number of carbonyl (C=O) groups is 1. The van der Waals surface area contributed by atoms with Crippen molar-refractivity contribution in [2.75, 3.05) is 10.8 Å². The first-order valence-electron chi connectivity index (χ1n) is 11.9. The quantitative estimate of drug-likeness (QED) is 0.395. The third kappa shape index (κ3) is 5.94. The summed E-state index contributed by atoms with van der Waals surface area (Å²) in [5, 5.41) is 0.649. The van der Waals surface area contributed by atoms with Crippen molar-refractivity contribution in [1.82, 2.24) is 5.06 Å². The largest absolute Gasteiger partial charge is 0.492 e. The van der Waals surface area contributed by atoms with Crippen LogP contribution in [0.25, 0.3) is 0 Å². The molecular formula is C25H31F3N2O4S. The Bertz CT molecular complexity index is 1000. The van der Waals surface area contributed by atoms with Gasteiger partial charge in [-0.1, -0.05) is 55.7 Å². The fraction of sp³-hybridized carbons (Fsp3) is 0.480. The molecule has 2 aromatic rings. The highest BCUT2D eigenvalue weighted by molar-refractivity contribution is 8.26. The second-order valence-electron chi connectivity index (χ2n) is 9.10. The van der Waals surface area contributed by atoms with Crippen LogP contribution < -0.4 is 4.31 Å². The molecule has 1 saturated carbocycles. The average Bonchev–Trinajstić information content (AvgIpc) is 2.84. The normalized spacial score (nSPS) is 21.4. The van der Waals surface area contributed by atoms with E-state index in [1.165, 1.54) is 5.06 Å². The van der Waals surface area contributed by atoms with Crippen molar-refractivity contribution in [3.63, 3.8) is 0 Å². The zero-order valence-corrected chi connectivity index (χ0v) is 20.2. The minimum Gasteiger partial charge on any atom is -0.361 e. The van der Waals surface area contributed by atoms with Crippen LogP contribution in [0.2, 0.25) is 0 Å². The maximum atomic E-state index is 12.9. The number of rotatable bonds is 7. The summed E-state index contributed by atoms with van der Waals surface area (Å²) in [6.07, 6.45) is 0.166. The van der Waals surface area contributed by atoms with Crippen molar-refractivity contribution in [2.45, 2.75) is 68.8 Å². The Hall–Kier alpha value is -2.27. The van der Waals surface area contributed by atoms with E-state index in [4.69, 9.17) is 4.84 Å². The SMILES string of the molecule is O=C(ON(CCCC1Cc2ccccc2N(c2ccccc2)S1(O)O)C1CCCCC1)C(F)(F)F. The molecule has 6 nitrogen and oxygen atoms in total. The van der Waals surface area contributed by atoms with E-state index in [0.29, 0.717) is 37.8 Å². The average molecular weight is 513 g/mol. The van der Waals surface area contributed by atoms with Gasteiger partial charge in [0.1, 0.15) is 0 Å². The smallest absolute Gasteiger partial charge is 0.361 e. The molecule has 0 saturated heterocycles. The summed E-state index contributed by atoms with van der Waals surface area (Å²) in [6, 6.07) is 16.4. The number of hydroxylamine groups is 2. The van der Waals surface area contributed by atoms with Crippen LogP contribution in [-0.4, -0.2) is 44.2 Å². The molecule has 1 unspecified atom stereocenters. The van der Waals surface area contributed by atoms with E-state index in [9.17, 15) is 27.1 Å². The van der Waals surface area contributed by atoms with Gasteiger partial charge >= 0.3 is 12.1 Å². The maximum Gasteiger partial charge on any atom is 0.492 e. The van der Waals surface area contributed by atoms with Gasteiger partial charge < -0.3 is 4.84 Å². The van der Waals surface area contributed by atoms with Crippen LogP contribution in [-0.2, 0) is 16.1 Å². The highest BCUT2D eigenvalue weighted by Crippen LogP contribution is 2.60. The highest BCUT2D eigenvalue weighted by atomic mass is 32.3. The van der Waals surface area contributed by atoms with Gasteiger partial charge in [-0.05, 0) is 55.9 Å². The van der Waals surface area contributed by atoms with Gasteiger partial charge in [-0.3, -0.25) is 9.11 Å². The van der Waals surface area contributed by atoms with E-state index in [1.807, 2.05) is 54.6 Å². The monoisotopic (exact) mass is 512 g/mol.